The van der Waals surface area contributed by atoms with Gasteiger partial charge in [-0.1, -0.05) is 56.0 Å². The zero-order valence-corrected chi connectivity index (χ0v) is 11.8. The van der Waals surface area contributed by atoms with E-state index in [9.17, 15) is 4.79 Å². The molecular weight excluding hydrogens is 254 g/mol. The van der Waals surface area contributed by atoms with Crippen LogP contribution in [0, 0.1) is 5.92 Å². The first-order valence-corrected chi connectivity index (χ1v) is 7.37. The quantitative estimate of drug-likeness (QED) is 0.717. The van der Waals surface area contributed by atoms with E-state index < -0.39 is 5.97 Å². The highest BCUT2D eigenvalue weighted by molar-refractivity contribution is 5.67. The highest BCUT2D eigenvalue weighted by Crippen LogP contribution is 2.29. The first-order chi connectivity index (χ1) is 9.74. The Bertz CT molecular complexity index is 401. The van der Waals surface area contributed by atoms with Crippen molar-refractivity contribution in [3.05, 3.63) is 35.9 Å². The van der Waals surface area contributed by atoms with Crippen molar-refractivity contribution in [1.82, 2.24) is 5.48 Å². The normalized spacial score (nSPS) is 17.2. The molecule has 1 aliphatic rings. The highest BCUT2D eigenvalue weighted by atomic mass is 16.6. The van der Waals surface area contributed by atoms with Crippen LogP contribution in [0.15, 0.2) is 30.3 Å². The van der Waals surface area contributed by atoms with Gasteiger partial charge in [0.05, 0.1) is 13.0 Å². The van der Waals surface area contributed by atoms with Crippen molar-refractivity contribution in [3.63, 3.8) is 0 Å². The lowest BCUT2D eigenvalue weighted by Crippen LogP contribution is -2.33. The third-order valence-corrected chi connectivity index (χ3v) is 3.85. The van der Waals surface area contributed by atoms with Gasteiger partial charge in [0.25, 0.3) is 0 Å². The highest BCUT2D eigenvalue weighted by Gasteiger charge is 2.22. The number of carboxylic acid groups (broad SMARTS) is 1. The van der Waals surface area contributed by atoms with Gasteiger partial charge in [-0.2, -0.15) is 5.48 Å². The van der Waals surface area contributed by atoms with Crippen LogP contribution in [-0.4, -0.2) is 17.1 Å². The zero-order valence-electron chi connectivity index (χ0n) is 11.8. The minimum atomic E-state index is -0.774. The Labute approximate surface area is 120 Å². The van der Waals surface area contributed by atoms with E-state index in [4.69, 9.17) is 9.94 Å². The van der Waals surface area contributed by atoms with Gasteiger partial charge in [0.15, 0.2) is 0 Å². The third kappa shape index (κ3) is 5.31. The Morgan fingerprint density at radius 1 is 1.30 bits per heavy atom. The van der Waals surface area contributed by atoms with Crippen molar-refractivity contribution in [2.24, 2.45) is 5.92 Å². The van der Waals surface area contributed by atoms with E-state index in [0.29, 0.717) is 12.5 Å². The van der Waals surface area contributed by atoms with Gasteiger partial charge in [-0.25, -0.2) is 0 Å². The Balaban J connectivity index is 1.76. The van der Waals surface area contributed by atoms with E-state index >= 15 is 0 Å². The van der Waals surface area contributed by atoms with E-state index in [0.717, 1.165) is 12.0 Å². The van der Waals surface area contributed by atoms with Crippen molar-refractivity contribution < 1.29 is 14.7 Å². The van der Waals surface area contributed by atoms with Crippen molar-refractivity contribution >= 4 is 5.97 Å². The van der Waals surface area contributed by atoms with Gasteiger partial charge >= 0.3 is 5.97 Å². The van der Waals surface area contributed by atoms with Crippen LogP contribution in [-0.2, 0) is 16.2 Å². The molecule has 1 atom stereocenters. The molecule has 2 rings (SSSR count). The minimum absolute atomic E-state index is 0.0979. The van der Waals surface area contributed by atoms with E-state index in [1.165, 1.54) is 25.7 Å². The number of rotatable bonds is 8. The topological polar surface area (TPSA) is 58.6 Å². The van der Waals surface area contributed by atoms with Gasteiger partial charge < -0.3 is 5.11 Å². The van der Waals surface area contributed by atoms with Crippen LogP contribution in [0.25, 0.3) is 0 Å². The summed E-state index contributed by atoms with van der Waals surface area (Å²) in [6, 6.07) is 9.78. The fourth-order valence-corrected chi connectivity index (χ4v) is 2.85. The molecular formula is C16H23NO3. The number of hydrogen-bond acceptors (Lipinski definition) is 3. The predicted octanol–water partition coefficient (Wildman–Crippen LogP) is 3.13. The summed E-state index contributed by atoms with van der Waals surface area (Å²) in [6.07, 6.45) is 5.99. The standard InChI is InChI=1S/C16H23NO3/c18-16(19)11-15(10-13-6-4-5-7-13)17-20-12-14-8-2-1-3-9-14/h1-3,8-9,13,15,17H,4-7,10-12H2,(H,18,19). The van der Waals surface area contributed by atoms with Crippen molar-refractivity contribution in [2.75, 3.05) is 0 Å². The number of nitrogens with one attached hydrogen (secondary N) is 1. The van der Waals surface area contributed by atoms with Crippen LogP contribution in [0.4, 0.5) is 0 Å². The second-order valence-electron chi connectivity index (χ2n) is 5.57. The zero-order chi connectivity index (χ0) is 14.2. The molecule has 0 aromatic heterocycles. The van der Waals surface area contributed by atoms with Crippen molar-refractivity contribution in [1.29, 1.82) is 0 Å². The minimum Gasteiger partial charge on any atom is -0.481 e. The fraction of sp³-hybridized carbons (Fsp3) is 0.562. The summed E-state index contributed by atoms with van der Waals surface area (Å²) in [5.74, 6) is -0.129. The van der Waals surface area contributed by atoms with Crippen LogP contribution < -0.4 is 5.48 Å². The molecule has 1 aromatic carbocycles. The monoisotopic (exact) mass is 277 g/mol. The van der Waals surface area contributed by atoms with Crippen LogP contribution in [0.1, 0.15) is 44.1 Å². The first-order valence-electron chi connectivity index (χ1n) is 7.37. The number of aliphatic carboxylic acids is 1. The Morgan fingerprint density at radius 2 is 2.00 bits per heavy atom. The SMILES string of the molecule is O=C(O)CC(CC1CCCC1)NOCc1ccccc1. The lowest BCUT2D eigenvalue weighted by molar-refractivity contribution is -0.139. The van der Waals surface area contributed by atoms with Gasteiger partial charge in [-0.15, -0.1) is 0 Å². The Kier molecular flexibility index (Phi) is 6.02. The molecule has 0 saturated heterocycles. The Morgan fingerprint density at radius 3 is 2.65 bits per heavy atom. The van der Waals surface area contributed by atoms with Crippen LogP contribution >= 0.6 is 0 Å². The molecule has 0 amide bonds. The van der Waals surface area contributed by atoms with Crippen LogP contribution in [0.3, 0.4) is 0 Å². The average Bonchev–Trinajstić information content (AvgIpc) is 2.92. The molecule has 1 fully saturated rings. The number of carbonyl (C=O) groups is 1. The van der Waals surface area contributed by atoms with E-state index in [1.54, 1.807) is 0 Å². The maximum Gasteiger partial charge on any atom is 0.305 e. The maximum atomic E-state index is 10.9. The summed E-state index contributed by atoms with van der Waals surface area (Å²) in [7, 11) is 0. The van der Waals surface area contributed by atoms with Crippen molar-refractivity contribution in [2.45, 2.75) is 51.2 Å². The summed E-state index contributed by atoms with van der Waals surface area (Å²) in [4.78, 5) is 16.4. The van der Waals surface area contributed by atoms with E-state index in [1.807, 2.05) is 30.3 Å². The average molecular weight is 277 g/mol. The molecule has 0 spiro atoms. The molecule has 0 bridgehead atoms. The molecule has 1 unspecified atom stereocenters. The maximum absolute atomic E-state index is 10.9. The lowest BCUT2D eigenvalue weighted by Gasteiger charge is -2.20. The lowest BCUT2D eigenvalue weighted by atomic mass is 9.97. The Hall–Kier alpha value is -1.39. The van der Waals surface area contributed by atoms with Crippen molar-refractivity contribution in [3.8, 4) is 0 Å². The molecule has 0 heterocycles. The second kappa shape index (κ2) is 8.02. The molecule has 1 aromatic rings. The summed E-state index contributed by atoms with van der Waals surface area (Å²) in [5.41, 5.74) is 4.02. The van der Waals surface area contributed by atoms with Crippen LogP contribution in [0.2, 0.25) is 0 Å². The number of hydroxylamine groups is 1. The van der Waals surface area contributed by atoms with Gasteiger partial charge in [-0.3, -0.25) is 9.63 Å². The third-order valence-electron chi connectivity index (χ3n) is 3.85. The molecule has 0 aliphatic heterocycles. The van der Waals surface area contributed by atoms with Crippen LogP contribution in [0.5, 0.6) is 0 Å². The van der Waals surface area contributed by atoms with Gasteiger partial charge in [0.2, 0.25) is 0 Å². The fourth-order valence-electron chi connectivity index (χ4n) is 2.85. The molecule has 4 nitrogen and oxygen atoms in total. The number of benzene rings is 1. The molecule has 2 N–H and O–H groups in total. The van der Waals surface area contributed by atoms with Gasteiger partial charge in [-0.05, 0) is 17.9 Å². The molecule has 1 saturated carbocycles. The smallest absolute Gasteiger partial charge is 0.305 e. The molecule has 110 valence electrons. The molecule has 20 heavy (non-hydrogen) atoms. The van der Waals surface area contributed by atoms with Gasteiger partial charge in [0.1, 0.15) is 0 Å². The summed E-state index contributed by atoms with van der Waals surface area (Å²) in [6.45, 7) is 0.460. The van der Waals surface area contributed by atoms with E-state index in [2.05, 4.69) is 5.48 Å². The van der Waals surface area contributed by atoms with Gasteiger partial charge in [0, 0.05) is 6.04 Å². The van der Waals surface area contributed by atoms with E-state index in [-0.39, 0.29) is 12.5 Å². The summed E-state index contributed by atoms with van der Waals surface area (Å²) >= 11 is 0. The molecule has 1 aliphatic carbocycles. The molecule has 4 heteroatoms. The summed E-state index contributed by atoms with van der Waals surface area (Å²) < 4.78 is 0. The second-order valence-corrected chi connectivity index (χ2v) is 5.57. The largest absolute Gasteiger partial charge is 0.481 e. The number of hydrogen-bond donors (Lipinski definition) is 2. The first kappa shape index (κ1) is 15.0. The number of carboxylic acids is 1. The predicted molar refractivity (Wildman–Crippen MR) is 77.0 cm³/mol. The molecule has 0 radical (unpaired) electrons. The summed E-state index contributed by atoms with van der Waals surface area (Å²) in [5, 5.41) is 8.98.